The van der Waals surface area contributed by atoms with Crippen LogP contribution in [0.5, 0.6) is 0 Å². The summed E-state index contributed by atoms with van der Waals surface area (Å²) in [5, 5.41) is 23.1. The largest absolute Gasteiger partial charge is 0.462 e. The average molecular weight is 148 g/mol. The topological polar surface area (TPSA) is 130 Å². The Kier molecular flexibility index (Phi) is 8.58. The first-order valence-electron chi connectivity index (χ1n) is 2.06. The Morgan fingerprint density at radius 3 is 1.70 bits per heavy atom. The lowest BCUT2D eigenvalue weighted by Crippen LogP contribution is -2.18. The van der Waals surface area contributed by atoms with Gasteiger partial charge in [0.05, 0.1) is 0 Å². The van der Waals surface area contributed by atoms with E-state index in [2.05, 4.69) is 11.5 Å². The molecule has 0 heterocycles. The van der Waals surface area contributed by atoms with Crippen molar-refractivity contribution in [2.45, 2.75) is 6.29 Å². The van der Waals surface area contributed by atoms with Crippen LogP contribution in [0.2, 0.25) is 0 Å². The maximum Gasteiger partial charge on any atom is 0.309 e. The normalized spacial score (nSPS) is 6.70. The fourth-order valence-electron chi connectivity index (χ4n) is 0.0577. The molecule has 6 nitrogen and oxygen atoms in total. The molecule has 0 rings (SSSR count). The van der Waals surface area contributed by atoms with Crippen LogP contribution in [0.1, 0.15) is 0 Å². The zero-order valence-corrected chi connectivity index (χ0v) is 4.98. The van der Waals surface area contributed by atoms with Crippen molar-refractivity contribution in [3.63, 3.8) is 0 Å². The first-order valence-corrected chi connectivity index (χ1v) is 2.06. The number of aliphatic hydroxyl groups is 3. The molecule has 0 aliphatic carbocycles. The lowest BCUT2D eigenvalue weighted by Gasteiger charge is -1.81. The van der Waals surface area contributed by atoms with Crippen LogP contribution in [-0.4, -0.2) is 27.6 Å². The zero-order chi connectivity index (χ0) is 8.57. The lowest BCUT2D eigenvalue weighted by atomic mass is 10.7. The number of nitrogens with two attached hydrogens (primary N) is 2. The van der Waals surface area contributed by atoms with E-state index in [0.29, 0.717) is 0 Å². The van der Waals surface area contributed by atoms with Crippen LogP contribution >= 0.6 is 0 Å². The van der Waals surface area contributed by atoms with Crippen LogP contribution in [0.3, 0.4) is 0 Å². The number of hydrogen-bond acceptors (Lipinski definition) is 4. The number of rotatable bonds is 0. The molecule has 6 heteroatoms. The van der Waals surface area contributed by atoms with Crippen LogP contribution in [-0.2, 0) is 0 Å². The maximum atomic E-state index is 9.00. The van der Waals surface area contributed by atoms with Crippen LogP contribution in [0.25, 0.3) is 0 Å². The van der Waals surface area contributed by atoms with E-state index in [-0.39, 0.29) is 0 Å². The molecule has 0 spiro atoms. The first-order chi connectivity index (χ1) is 4.50. The summed E-state index contributed by atoms with van der Waals surface area (Å²) in [5.74, 6) is 1.62. The minimum atomic E-state index is -1.71. The SMILES string of the molecule is NC(N)=O.OC#CC(O)O. The van der Waals surface area contributed by atoms with Gasteiger partial charge in [0.25, 0.3) is 0 Å². The summed E-state index contributed by atoms with van der Waals surface area (Å²) in [4.78, 5) is 9.00. The molecule has 0 atom stereocenters. The van der Waals surface area contributed by atoms with Crippen molar-refractivity contribution in [1.29, 1.82) is 0 Å². The summed E-state index contributed by atoms with van der Waals surface area (Å²) in [6.07, 6.45) is -0.396. The molecule has 0 fully saturated rings. The summed E-state index contributed by atoms with van der Waals surface area (Å²) in [7, 11) is 0. The van der Waals surface area contributed by atoms with Crippen LogP contribution < -0.4 is 11.5 Å². The molecule has 0 aromatic heterocycles. The number of amides is 2. The number of carbonyl (C=O) groups excluding carboxylic acids is 1. The molecule has 0 saturated carbocycles. The van der Waals surface area contributed by atoms with Gasteiger partial charge in [0.2, 0.25) is 6.29 Å². The number of carbonyl (C=O) groups is 1. The quantitative estimate of drug-likeness (QED) is 0.194. The molecule has 0 bridgehead atoms. The summed E-state index contributed by atoms with van der Waals surface area (Å²) in [6.45, 7) is 0. The highest BCUT2D eigenvalue weighted by atomic mass is 16.5. The minimum absolute atomic E-state index is 0.833. The van der Waals surface area contributed by atoms with E-state index in [1.54, 1.807) is 5.92 Å². The third-order valence-corrected chi connectivity index (χ3v) is 0.194. The highest BCUT2D eigenvalue weighted by Crippen LogP contribution is 1.62. The van der Waals surface area contributed by atoms with Gasteiger partial charge in [0.1, 0.15) is 6.11 Å². The Morgan fingerprint density at radius 1 is 1.40 bits per heavy atom. The van der Waals surface area contributed by atoms with Gasteiger partial charge in [0, 0.05) is 5.92 Å². The summed E-state index contributed by atoms with van der Waals surface area (Å²) in [6, 6.07) is -0.833. The molecule has 0 aliphatic rings. The predicted octanol–water partition coefficient (Wildman–Crippen LogP) is -2.35. The predicted molar refractivity (Wildman–Crippen MR) is 31.7 cm³/mol. The second-order valence-electron chi connectivity index (χ2n) is 1.03. The van der Waals surface area contributed by atoms with Crippen LogP contribution in [0.15, 0.2) is 0 Å². The summed E-state index contributed by atoms with van der Waals surface area (Å²) < 4.78 is 0. The smallest absolute Gasteiger partial charge is 0.309 e. The molecule has 0 aliphatic heterocycles. The third-order valence-electron chi connectivity index (χ3n) is 0.194. The van der Waals surface area contributed by atoms with E-state index in [1.165, 1.54) is 6.11 Å². The van der Waals surface area contributed by atoms with E-state index >= 15 is 0 Å². The highest BCUT2D eigenvalue weighted by Gasteiger charge is 1.80. The summed E-state index contributed by atoms with van der Waals surface area (Å²) >= 11 is 0. The first kappa shape index (κ1) is 11.4. The van der Waals surface area contributed by atoms with Gasteiger partial charge in [0.15, 0.2) is 0 Å². The Balaban J connectivity index is 0. The van der Waals surface area contributed by atoms with E-state index < -0.39 is 12.3 Å². The van der Waals surface area contributed by atoms with Crippen molar-refractivity contribution in [3.8, 4) is 12.0 Å². The molecule has 0 unspecified atom stereocenters. The van der Waals surface area contributed by atoms with Gasteiger partial charge in [-0.1, -0.05) is 0 Å². The Labute approximate surface area is 57.1 Å². The molecule has 7 N–H and O–H groups in total. The molecule has 0 aromatic carbocycles. The summed E-state index contributed by atoms with van der Waals surface area (Å²) in [5.41, 5.74) is 8.50. The van der Waals surface area contributed by atoms with E-state index in [9.17, 15) is 0 Å². The van der Waals surface area contributed by atoms with E-state index in [4.69, 9.17) is 20.1 Å². The zero-order valence-electron chi connectivity index (χ0n) is 4.98. The molecular formula is C4H8N2O4. The highest BCUT2D eigenvalue weighted by molar-refractivity contribution is 5.69. The molecule has 0 aromatic rings. The van der Waals surface area contributed by atoms with Crippen molar-refractivity contribution in [1.82, 2.24) is 0 Å². The second-order valence-corrected chi connectivity index (χ2v) is 1.03. The lowest BCUT2D eigenvalue weighted by molar-refractivity contribution is 0.0103. The second kappa shape index (κ2) is 7.55. The fraction of sp³-hybridized carbons (Fsp3) is 0.250. The molecule has 58 valence electrons. The molecular weight excluding hydrogens is 140 g/mol. The van der Waals surface area contributed by atoms with Gasteiger partial charge >= 0.3 is 6.03 Å². The van der Waals surface area contributed by atoms with Gasteiger partial charge in [-0.25, -0.2) is 4.79 Å². The number of primary amides is 2. The minimum Gasteiger partial charge on any atom is -0.462 e. The Hall–Kier alpha value is -1.45. The van der Waals surface area contributed by atoms with Crippen molar-refractivity contribution in [2.75, 3.05) is 0 Å². The van der Waals surface area contributed by atoms with Crippen LogP contribution in [0.4, 0.5) is 4.79 Å². The van der Waals surface area contributed by atoms with Crippen molar-refractivity contribution in [2.24, 2.45) is 11.5 Å². The third kappa shape index (κ3) is 84.0. The van der Waals surface area contributed by atoms with Gasteiger partial charge in [-0.15, -0.1) is 0 Å². The fourth-order valence-corrected chi connectivity index (χ4v) is 0.0577. The number of aliphatic hydroxyl groups excluding tert-OH is 2. The average Bonchev–Trinajstić information content (AvgIpc) is 1.62. The van der Waals surface area contributed by atoms with Crippen LogP contribution in [0, 0.1) is 12.0 Å². The van der Waals surface area contributed by atoms with Crippen molar-refractivity contribution < 1.29 is 20.1 Å². The van der Waals surface area contributed by atoms with E-state index in [1.807, 2.05) is 0 Å². The van der Waals surface area contributed by atoms with Gasteiger partial charge in [-0.05, 0) is 0 Å². The Bertz CT molecular complexity index is 141. The van der Waals surface area contributed by atoms with Crippen molar-refractivity contribution in [3.05, 3.63) is 0 Å². The molecule has 10 heavy (non-hydrogen) atoms. The Morgan fingerprint density at radius 2 is 1.70 bits per heavy atom. The monoisotopic (exact) mass is 148 g/mol. The van der Waals surface area contributed by atoms with Gasteiger partial charge in [-0.3, -0.25) is 0 Å². The molecule has 2 amide bonds. The number of urea groups is 1. The standard InChI is InChI=1S/C3H4O3.CH4N2O/c4-2-1-3(5)6;2-1(3)4/h3-6H;(H4,2,3,4). The van der Waals surface area contributed by atoms with Gasteiger partial charge in [-0.2, -0.15) is 0 Å². The molecule has 0 saturated heterocycles. The number of hydrogen-bond donors (Lipinski definition) is 5. The maximum absolute atomic E-state index is 9.00. The van der Waals surface area contributed by atoms with E-state index in [0.717, 1.165) is 0 Å². The van der Waals surface area contributed by atoms with Gasteiger partial charge < -0.3 is 26.8 Å². The van der Waals surface area contributed by atoms with Crippen molar-refractivity contribution >= 4 is 6.03 Å². The molecule has 0 radical (unpaired) electrons.